The number of thioether (sulfide) groups is 1. The molecule has 0 saturated heterocycles. The van der Waals surface area contributed by atoms with Crippen LogP contribution < -0.4 is 10.5 Å². The van der Waals surface area contributed by atoms with Crippen LogP contribution in [0.15, 0.2) is 24.3 Å². The van der Waals surface area contributed by atoms with Gasteiger partial charge in [-0.2, -0.15) is 0 Å². The molecule has 1 aromatic carbocycles. The zero-order chi connectivity index (χ0) is 12.0. The van der Waals surface area contributed by atoms with Gasteiger partial charge >= 0.3 is 0 Å². The van der Waals surface area contributed by atoms with Crippen molar-refractivity contribution in [2.24, 2.45) is 5.73 Å². The number of benzene rings is 1. The van der Waals surface area contributed by atoms with Crippen LogP contribution in [0.25, 0.3) is 0 Å². The van der Waals surface area contributed by atoms with Crippen molar-refractivity contribution < 1.29 is 9.53 Å². The molecule has 0 heterocycles. The summed E-state index contributed by atoms with van der Waals surface area (Å²) in [5.41, 5.74) is 5.77. The van der Waals surface area contributed by atoms with Crippen LogP contribution in [0.1, 0.15) is 17.3 Å². The molecule has 0 aromatic heterocycles. The fraction of sp³-hybridized carbons (Fsp3) is 0.273. The van der Waals surface area contributed by atoms with Crippen molar-refractivity contribution in [3.8, 4) is 5.75 Å². The van der Waals surface area contributed by atoms with Gasteiger partial charge in [-0.3, -0.25) is 10.2 Å². The van der Waals surface area contributed by atoms with Crippen molar-refractivity contribution in [2.45, 2.75) is 6.92 Å². The van der Waals surface area contributed by atoms with Crippen LogP contribution in [0.4, 0.5) is 0 Å². The molecule has 0 aliphatic carbocycles. The number of hydrogen-bond donors (Lipinski definition) is 2. The Kier molecular flexibility index (Phi) is 4.85. The van der Waals surface area contributed by atoms with Crippen molar-refractivity contribution in [1.82, 2.24) is 0 Å². The summed E-state index contributed by atoms with van der Waals surface area (Å²) in [5, 5.41) is 7.09. The molecule has 1 rings (SSSR count). The number of ketones is 1. The van der Waals surface area contributed by atoms with Crippen LogP contribution in [0.2, 0.25) is 0 Å². The molecule has 0 spiro atoms. The third-order valence-electron chi connectivity index (χ3n) is 1.86. The van der Waals surface area contributed by atoms with Crippen LogP contribution in [0.5, 0.6) is 5.75 Å². The molecule has 1 aromatic rings. The normalized spacial score (nSPS) is 9.81. The van der Waals surface area contributed by atoms with Gasteiger partial charge in [0, 0.05) is 5.75 Å². The summed E-state index contributed by atoms with van der Waals surface area (Å²) >= 11 is 1.22. The third-order valence-corrected chi connectivity index (χ3v) is 2.55. The third kappa shape index (κ3) is 3.94. The monoisotopic (exact) mass is 238 g/mol. The molecule has 5 heteroatoms. The lowest BCUT2D eigenvalue weighted by atomic mass is 10.1. The number of nitrogens with one attached hydrogen (secondary N) is 1. The molecule has 0 bridgehead atoms. The lowest BCUT2D eigenvalue weighted by Crippen LogP contribution is -2.09. The van der Waals surface area contributed by atoms with Crippen LogP contribution >= 0.6 is 11.8 Å². The Hall–Kier alpha value is -1.49. The number of rotatable bonds is 5. The zero-order valence-corrected chi connectivity index (χ0v) is 9.84. The highest BCUT2D eigenvalue weighted by atomic mass is 32.2. The number of para-hydroxylation sites is 1. The smallest absolute Gasteiger partial charge is 0.163 e. The molecule has 3 N–H and O–H groups in total. The first-order valence-corrected chi connectivity index (χ1v) is 5.79. The molecule has 86 valence electrons. The van der Waals surface area contributed by atoms with Gasteiger partial charge in [0.15, 0.2) is 11.0 Å². The first-order chi connectivity index (χ1) is 7.61. The van der Waals surface area contributed by atoms with E-state index in [-0.39, 0.29) is 11.0 Å². The van der Waals surface area contributed by atoms with Gasteiger partial charge in [0.05, 0.1) is 12.2 Å². The first kappa shape index (κ1) is 12.6. The predicted octanol–water partition coefficient (Wildman–Crippen LogP) is 1.89. The molecular formula is C11H14N2O2S. The molecule has 0 aliphatic heterocycles. The van der Waals surface area contributed by atoms with Crippen LogP contribution in [0, 0.1) is 5.41 Å². The molecule has 0 unspecified atom stereocenters. The van der Waals surface area contributed by atoms with Crippen molar-refractivity contribution >= 4 is 22.7 Å². The molecule has 0 amide bonds. The zero-order valence-electron chi connectivity index (χ0n) is 9.03. The van der Waals surface area contributed by atoms with Gasteiger partial charge in [-0.05, 0) is 19.1 Å². The summed E-state index contributed by atoms with van der Waals surface area (Å²) in [6.45, 7) is 1.93. The Labute approximate surface area is 98.7 Å². The fourth-order valence-electron chi connectivity index (χ4n) is 1.19. The van der Waals surface area contributed by atoms with E-state index in [1.165, 1.54) is 18.7 Å². The van der Waals surface area contributed by atoms with Gasteiger partial charge in [-0.15, -0.1) is 0 Å². The SMILES string of the molecule is CC(=O)c1ccccc1OCCSC(=N)N. The van der Waals surface area contributed by atoms with Gasteiger partial charge in [-0.1, -0.05) is 23.9 Å². The number of hydrogen-bond acceptors (Lipinski definition) is 4. The molecule has 0 radical (unpaired) electrons. The van der Waals surface area contributed by atoms with E-state index in [0.717, 1.165) is 0 Å². The maximum atomic E-state index is 11.3. The highest BCUT2D eigenvalue weighted by molar-refractivity contribution is 8.13. The second kappa shape index (κ2) is 6.17. The highest BCUT2D eigenvalue weighted by Crippen LogP contribution is 2.18. The maximum Gasteiger partial charge on any atom is 0.163 e. The molecule has 16 heavy (non-hydrogen) atoms. The maximum absolute atomic E-state index is 11.3. The molecule has 0 fully saturated rings. The van der Waals surface area contributed by atoms with E-state index in [1.54, 1.807) is 18.2 Å². The second-order valence-electron chi connectivity index (χ2n) is 3.11. The lowest BCUT2D eigenvalue weighted by molar-refractivity contribution is 0.101. The number of ether oxygens (including phenoxy) is 1. The molecule has 0 aliphatic rings. The minimum atomic E-state index is -0.0187. The largest absolute Gasteiger partial charge is 0.492 e. The number of nitrogens with two attached hydrogens (primary N) is 1. The van der Waals surface area contributed by atoms with Crippen molar-refractivity contribution in [3.63, 3.8) is 0 Å². The molecule has 0 atom stereocenters. The van der Waals surface area contributed by atoms with E-state index in [4.69, 9.17) is 15.9 Å². The molecule has 0 saturated carbocycles. The van der Waals surface area contributed by atoms with Crippen molar-refractivity contribution in [1.29, 1.82) is 5.41 Å². The number of carbonyl (C=O) groups is 1. The average Bonchev–Trinajstić information content (AvgIpc) is 2.24. The summed E-state index contributed by atoms with van der Waals surface area (Å²) in [6, 6.07) is 7.11. The Bertz CT molecular complexity index is 393. The predicted molar refractivity (Wildman–Crippen MR) is 66.3 cm³/mol. The van der Waals surface area contributed by atoms with Gasteiger partial charge in [0.1, 0.15) is 5.75 Å². The summed E-state index contributed by atoms with van der Waals surface area (Å²) < 4.78 is 5.45. The van der Waals surface area contributed by atoms with E-state index < -0.39 is 0 Å². The Morgan fingerprint density at radius 2 is 2.19 bits per heavy atom. The van der Waals surface area contributed by atoms with E-state index >= 15 is 0 Å². The quantitative estimate of drug-likeness (QED) is 0.355. The Balaban J connectivity index is 2.53. The van der Waals surface area contributed by atoms with Crippen molar-refractivity contribution in [2.75, 3.05) is 12.4 Å². The summed E-state index contributed by atoms with van der Waals surface area (Å²) in [6.07, 6.45) is 0. The Morgan fingerprint density at radius 3 is 2.81 bits per heavy atom. The number of carbonyl (C=O) groups excluding carboxylic acids is 1. The molecule has 4 nitrogen and oxygen atoms in total. The topological polar surface area (TPSA) is 76.2 Å². The standard InChI is InChI=1S/C11H14N2O2S/c1-8(14)9-4-2-3-5-10(9)15-6-7-16-11(12)13/h2-5H,6-7H2,1H3,(H3,12,13). The lowest BCUT2D eigenvalue weighted by Gasteiger charge is -2.08. The van der Waals surface area contributed by atoms with Gasteiger partial charge < -0.3 is 10.5 Å². The van der Waals surface area contributed by atoms with E-state index in [1.807, 2.05) is 6.07 Å². The van der Waals surface area contributed by atoms with Crippen LogP contribution in [-0.2, 0) is 0 Å². The summed E-state index contributed by atoms with van der Waals surface area (Å²) in [7, 11) is 0. The summed E-state index contributed by atoms with van der Waals surface area (Å²) in [5.74, 6) is 1.16. The highest BCUT2D eigenvalue weighted by Gasteiger charge is 2.06. The van der Waals surface area contributed by atoms with E-state index in [9.17, 15) is 4.79 Å². The van der Waals surface area contributed by atoms with Gasteiger partial charge in [0.2, 0.25) is 0 Å². The van der Waals surface area contributed by atoms with E-state index in [0.29, 0.717) is 23.7 Å². The fourth-order valence-corrected chi connectivity index (χ4v) is 1.57. The summed E-state index contributed by atoms with van der Waals surface area (Å²) in [4.78, 5) is 11.3. The van der Waals surface area contributed by atoms with Crippen LogP contribution in [-0.4, -0.2) is 23.3 Å². The van der Waals surface area contributed by atoms with Gasteiger partial charge in [0.25, 0.3) is 0 Å². The Morgan fingerprint density at radius 1 is 1.50 bits per heavy atom. The number of Topliss-reactive ketones (excluding diaryl/α,β-unsaturated/α-hetero) is 1. The minimum absolute atomic E-state index is 0.0187. The van der Waals surface area contributed by atoms with Crippen molar-refractivity contribution in [3.05, 3.63) is 29.8 Å². The van der Waals surface area contributed by atoms with E-state index in [2.05, 4.69) is 0 Å². The number of amidine groups is 1. The average molecular weight is 238 g/mol. The second-order valence-corrected chi connectivity index (χ2v) is 4.25. The molecular weight excluding hydrogens is 224 g/mol. The van der Waals surface area contributed by atoms with Gasteiger partial charge in [-0.25, -0.2) is 0 Å². The first-order valence-electron chi connectivity index (χ1n) is 4.81. The minimum Gasteiger partial charge on any atom is -0.492 e. The van der Waals surface area contributed by atoms with Crippen LogP contribution in [0.3, 0.4) is 0 Å².